The molecule has 0 spiro atoms. The molecule has 1 saturated heterocycles. The lowest BCUT2D eigenvalue weighted by Crippen LogP contribution is -2.37. The van der Waals surface area contributed by atoms with Crippen molar-refractivity contribution in [3.8, 4) is 0 Å². The Morgan fingerprint density at radius 2 is 2.00 bits per heavy atom. The second-order valence-electron chi connectivity index (χ2n) is 5.37. The zero-order chi connectivity index (χ0) is 16.4. The molecular weight excluding hydrogens is 363 g/mol. The van der Waals surface area contributed by atoms with E-state index in [2.05, 4.69) is 21.2 Å². The maximum atomic E-state index is 13.3. The van der Waals surface area contributed by atoms with Gasteiger partial charge in [-0.3, -0.25) is 9.59 Å². The summed E-state index contributed by atoms with van der Waals surface area (Å²) < 4.78 is 14.1. The smallest absolute Gasteiger partial charge is 0.251 e. The van der Waals surface area contributed by atoms with Gasteiger partial charge < -0.3 is 10.2 Å². The summed E-state index contributed by atoms with van der Waals surface area (Å²) in [4.78, 5) is 25.8. The summed E-state index contributed by atoms with van der Waals surface area (Å²) >= 11 is 3.32. The largest absolute Gasteiger partial charge is 0.347 e. The van der Waals surface area contributed by atoms with Crippen LogP contribution in [0.15, 0.2) is 53.0 Å². The highest BCUT2D eigenvalue weighted by atomic mass is 79.9. The standard InChI is InChI=1S/C17H14BrFN2O2/c18-12-4-1-3-11(7-12)17(23)20-14-9-16(22)21(10-14)15-6-2-5-13(19)8-15/h1-8,14H,9-10H2,(H,20,23)/t14-/m0/s1. The van der Waals surface area contributed by atoms with Gasteiger partial charge in [0.05, 0.1) is 6.04 Å². The fraction of sp³-hybridized carbons (Fsp3) is 0.176. The van der Waals surface area contributed by atoms with Crippen LogP contribution >= 0.6 is 15.9 Å². The first-order valence-corrected chi connectivity index (χ1v) is 7.94. The molecule has 118 valence electrons. The summed E-state index contributed by atoms with van der Waals surface area (Å²) in [5, 5.41) is 2.85. The van der Waals surface area contributed by atoms with Gasteiger partial charge in [-0.1, -0.05) is 28.1 Å². The summed E-state index contributed by atoms with van der Waals surface area (Å²) in [6.45, 7) is 0.335. The number of benzene rings is 2. The quantitative estimate of drug-likeness (QED) is 0.894. The van der Waals surface area contributed by atoms with Crippen LogP contribution in [0.25, 0.3) is 0 Å². The number of hydrogen-bond acceptors (Lipinski definition) is 2. The van der Waals surface area contributed by atoms with E-state index in [1.165, 1.54) is 17.0 Å². The van der Waals surface area contributed by atoms with Gasteiger partial charge in [-0.15, -0.1) is 0 Å². The van der Waals surface area contributed by atoms with Crippen LogP contribution in [0, 0.1) is 5.82 Å². The molecule has 1 N–H and O–H groups in total. The Kier molecular flexibility index (Phi) is 4.43. The van der Waals surface area contributed by atoms with Gasteiger partial charge in [0.2, 0.25) is 5.91 Å². The Labute approximate surface area is 141 Å². The van der Waals surface area contributed by atoms with E-state index in [4.69, 9.17) is 0 Å². The molecule has 0 bridgehead atoms. The first kappa shape index (κ1) is 15.7. The van der Waals surface area contributed by atoms with Gasteiger partial charge in [-0.25, -0.2) is 4.39 Å². The molecule has 0 radical (unpaired) electrons. The van der Waals surface area contributed by atoms with Crippen molar-refractivity contribution in [2.75, 3.05) is 11.4 Å². The fourth-order valence-corrected chi connectivity index (χ4v) is 3.00. The van der Waals surface area contributed by atoms with E-state index < -0.39 is 5.82 Å². The molecule has 0 aromatic heterocycles. The third kappa shape index (κ3) is 3.59. The first-order valence-electron chi connectivity index (χ1n) is 7.15. The molecule has 23 heavy (non-hydrogen) atoms. The van der Waals surface area contributed by atoms with Crippen molar-refractivity contribution < 1.29 is 14.0 Å². The predicted octanol–water partition coefficient (Wildman–Crippen LogP) is 3.12. The lowest BCUT2D eigenvalue weighted by molar-refractivity contribution is -0.117. The summed E-state index contributed by atoms with van der Waals surface area (Å²) in [6, 6.07) is 12.6. The molecule has 2 aromatic carbocycles. The van der Waals surface area contributed by atoms with Crippen molar-refractivity contribution in [2.24, 2.45) is 0 Å². The first-order chi connectivity index (χ1) is 11.0. The number of rotatable bonds is 3. The second kappa shape index (κ2) is 6.50. The molecule has 1 atom stereocenters. The van der Waals surface area contributed by atoms with Gasteiger partial charge in [-0.2, -0.15) is 0 Å². The van der Waals surface area contributed by atoms with E-state index in [9.17, 15) is 14.0 Å². The van der Waals surface area contributed by atoms with Gasteiger partial charge in [0, 0.05) is 28.7 Å². The average molecular weight is 377 g/mol. The van der Waals surface area contributed by atoms with Gasteiger partial charge in [-0.05, 0) is 36.4 Å². The number of amides is 2. The number of halogens is 2. The van der Waals surface area contributed by atoms with E-state index >= 15 is 0 Å². The minimum Gasteiger partial charge on any atom is -0.347 e. The summed E-state index contributed by atoms with van der Waals surface area (Å²) in [6.07, 6.45) is 0.205. The molecule has 1 fully saturated rings. The number of nitrogens with one attached hydrogen (secondary N) is 1. The molecule has 4 nitrogen and oxygen atoms in total. The minimum absolute atomic E-state index is 0.129. The maximum absolute atomic E-state index is 13.3. The lowest BCUT2D eigenvalue weighted by atomic mass is 10.2. The predicted molar refractivity (Wildman–Crippen MR) is 88.8 cm³/mol. The van der Waals surface area contributed by atoms with E-state index in [0.717, 1.165) is 4.47 Å². The van der Waals surface area contributed by atoms with Crippen molar-refractivity contribution in [1.29, 1.82) is 0 Å². The van der Waals surface area contributed by atoms with Gasteiger partial charge >= 0.3 is 0 Å². The van der Waals surface area contributed by atoms with Crippen molar-refractivity contribution in [2.45, 2.75) is 12.5 Å². The number of hydrogen-bond donors (Lipinski definition) is 1. The summed E-state index contributed by atoms with van der Waals surface area (Å²) in [5.74, 6) is -0.753. The third-order valence-electron chi connectivity index (χ3n) is 3.67. The topological polar surface area (TPSA) is 49.4 Å². The van der Waals surface area contributed by atoms with Crippen LogP contribution in [0.1, 0.15) is 16.8 Å². The van der Waals surface area contributed by atoms with Gasteiger partial charge in [0.15, 0.2) is 0 Å². The molecule has 1 aliphatic rings. The summed E-state index contributed by atoms with van der Waals surface area (Å²) in [5.41, 5.74) is 1.03. The monoisotopic (exact) mass is 376 g/mol. The zero-order valence-electron chi connectivity index (χ0n) is 12.1. The van der Waals surface area contributed by atoms with E-state index in [0.29, 0.717) is 17.8 Å². The van der Waals surface area contributed by atoms with E-state index in [1.54, 1.807) is 30.3 Å². The molecule has 1 aliphatic heterocycles. The molecular formula is C17H14BrFN2O2. The highest BCUT2D eigenvalue weighted by Crippen LogP contribution is 2.22. The molecule has 0 saturated carbocycles. The van der Waals surface area contributed by atoms with Crippen LogP contribution in [0.2, 0.25) is 0 Å². The van der Waals surface area contributed by atoms with Gasteiger partial charge in [0.1, 0.15) is 5.82 Å². The van der Waals surface area contributed by atoms with Crippen molar-refractivity contribution in [1.82, 2.24) is 5.32 Å². The molecule has 2 amide bonds. The number of nitrogens with zero attached hydrogens (tertiary/aromatic N) is 1. The number of carbonyl (C=O) groups excluding carboxylic acids is 2. The normalized spacial score (nSPS) is 17.4. The van der Waals surface area contributed by atoms with Crippen molar-refractivity contribution in [3.05, 3.63) is 64.4 Å². The Hall–Kier alpha value is -2.21. The average Bonchev–Trinajstić information content (AvgIpc) is 2.88. The Morgan fingerprint density at radius 1 is 1.22 bits per heavy atom. The highest BCUT2D eigenvalue weighted by Gasteiger charge is 2.31. The summed E-state index contributed by atoms with van der Waals surface area (Å²) in [7, 11) is 0. The van der Waals surface area contributed by atoms with E-state index in [1.807, 2.05) is 6.07 Å². The lowest BCUT2D eigenvalue weighted by Gasteiger charge is -2.17. The van der Waals surface area contributed by atoms with E-state index in [-0.39, 0.29) is 24.3 Å². The third-order valence-corrected chi connectivity index (χ3v) is 4.16. The number of anilines is 1. The zero-order valence-corrected chi connectivity index (χ0v) is 13.7. The molecule has 2 aromatic rings. The Bertz CT molecular complexity index is 766. The minimum atomic E-state index is -0.392. The molecule has 0 unspecified atom stereocenters. The SMILES string of the molecule is O=C(N[C@H]1CC(=O)N(c2cccc(F)c2)C1)c1cccc(Br)c1. The van der Waals surface area contributed by atoms with Crippen LogP contribution < -0.4 is 10.2 Å². The maximum Gasteiger partial charge on any atom is 0.251 e. The van der Waals surface area contributed by atoms with Crippen LogP contribution in [0.5, 0.6) is 0 Å². The highest BCUT2D eigenvalue weighted by molar-refractivity contribution is 9.10. The van der Waals surface area contributed by atoms with Crippen LogP contribution in [-0.2, 0) is 4.79 Å². The second-order valence-corrected chi connectivity index (χ2v) is 6.28. The molecule has 6 heteroatoms. The molecule has 0 aliphatic carbocycles. The van der Waals surface area contributed by atoms with Crippen LogP contribution in [0.3, 0.4) is 0 Å². The number of carbonyl (C=O) groups is 2. The van der Waals surface area contributed by atoms with Crippen molar-refractivity contribution >= 4 is 33.4 Å². The van der Waals surface area contributed by atoms with Crippen LogP contribution in [0.4, 0.5) is 10.1 Å². The molecule has 1 heterocycles. The van der Waals surface area contributed by atoms with Gasteiger partial charge in [0.25, 0.3) is 5.91 Å². The van der Waals surface area contributed by atoms with Crippen LogP contribution in [-0.4, -0.2) is 24.4 Å². The molecule has 3 rings (SSSR count). The fourth-order valence-electron chi connectivity index (χ4n) is 2.60. The Balaban J connectivity index is 1.69. The van der Waals surface area contributed by atoms with Crippen molar-refractivity contribution in [3.63, 3.8) is 0 Å². The Morgan fingerprint density at radius 3 is 2.74 bits per heavy atom.